The van der Waals surface area contributed by atoms with E-state index in [2.05, 4.69) is 28.4 Å². The summed E-state index contributed by atoms with van der Waals surface area (Å²) in [6.07, 6.45) is 7.12. The van der Waals surface area contributed by atoms with Crippen molar-refractivity contribution in [1.29, 1.82) is 0 Å². The monoisotopic (exact) mass is 300 g/mol. The predicted octanol–water partition coefficient (Wildman–Crippen LogP) is 2.75. The maximum absolute atomic E-state index is 12.8. The quantitative estimate of drug-likeness (QED) is 0.853. The van der Waals surface area contributed by atoms with Gasteiger partial charge in [-0.2, -0.15) is 0 Å². The first kappa shape index (κ1) is 14.0. The van der Waals surface area contributed by atoms with Crippen molar-refractivity contribution in [3.8, 4) is 0 Å². The SMILES string of the molecule is CCCCn1c(C)c(C)n2c(C3(C4CC4)CC3)nnc2c1=O. The van der Waals surface area contributed by atoms with Crippen molar-refractivity contribution in [1.82, 2.24) is 19.2 Å². The zero-order valence-electron chi connectivity index (χ0n) is 13.7. The number of aromatic nitrogens is 4. The number of hydrogen-bond donors (Lipinski definition) is 0. The van der Waals surface area contributed by atoms with Crippen LogP contribution in [0.4, 0.5) is 0 Å². The molecule has 2 aliphatic rings. The Hall–Kier alpha value is -1.65. The van der Waals surface area contributed by atoms with E-state index < -0.39 is 0 Å². The van der Waals surface area contributed by atoms with Crippen LogP contribution in [0.15, 0.2) is 4.79 Å². The molecule has 0 aliphatic heterocycles. The van der Waals surface area contributed by atoms with Crippen LogP contribution in [-0.4, -0.2) is 19.2 Å². The second-order valence-electron chi connectivity index (χ2n) is 7.09. The van der Waals surface area contributed by atoms with Crippen LogP contribution < -0.4 is 5.56 Å². The van der Waals surface area contributed by atoms with E-state index in [4.69, 9.17) is 0 Å². The van der Waals surface area contributed by atoms with Crippen molar-refractivity contribution in [2.75, 3.05) is 0 Å². The van der Waals surface area contributed by atoms with Gasteiger partial charge in [-0.3, -0.25) is 9.20 Å². The summed E-state index contributed by atoms with van der Waals surface area (Å²) >= 11 is 0. The topological polar surface area (TPSA) is 52.2 Å². The molecule has 22 heavy (non-hydrogen) atoms. The Labute approximate surface area is 130 Å². The van der Waals surface area contributed by atoms with Crippen LogP contribution in [-0.2, 0) is 12.0 Å². The van der Waals surface area contributed by atoms with Gasteiger partial charge in [0.2, 0.25) is 5.65 Å². The molecule has 0 aromatic carbocycles. The van der Waals surface area contributed by atoms with Gasteiger partial charge >= 0.3 is 0 Å². The molecule has 0 N–H and O–H groups in total. The average Bonchev–Trinajstić information content (AvgIpc) is 3.41. The third kappa shape index (κ3) is 1.80. The predicted molar refractivity (Wildman–Crippen MR) is 85.3 cm³/mol. The molecule has 2 saturated carbocycles. The van der Waals surface area contributed by atoms with Crippen LogP contribution in [0.3, 0.4) is 0 Å². The molecule has 0 saturated heterocycles. The van der Waals surface area contributed by atoms with Crippen molar-refractivity contribution >= 4 is 5.65 Å². The fraction of sp³-hybridized carbons (Fsp3) is 0.706. The first-order valence-electron chi connectivity index (χ1n) is 8.55. The van der Waals surface area contributed by atoms with Crippen LogP contribution in [0.1, 0.15) is 62.7 Å². The molecule has 2 aliphatic carbocycles. The van der Waals surface area contributed by atoms with Crippen molar-refractivity contribution in [3.05, 3.63) is 27.6 Å². The Kier molecular flexibility index (Phi) is 2.97. The standard InChI is InChI=1S/C17H24N4O/c1-4-5-10-20-11(2)12(3)21-14(15(20)22)18-19-16(21)17(8-9-17)13-6-7-13/h13H,4-10H2,1-3H3. The lowest BCUT2D eigenvalue weighted by atomic mass is 9.99. The highest BCUT2D eigenvalue weighted by Crippen LogP contribution is 2.61. The highest BCUT2D eigenvalue weighted by Gasteiger charge is 2.58. The molecule has 4 rings (SSSR count). The molecule has 0 radical (unpaired) electrons. The number of nitrogens with zero attached hydrogens (tertiary/aromatic N) is 4. The fourth-order valence-electron chi connectivity index (χ4n) is 3.86. The van der Waals surface area contributed by atoms with Gasteiger partial charge in [0.15, 0.2) is 0 Å². The van der Waals surface area contributed by atoms with Crippen LogP contribution >= 0.6 is 0 Å². The lowest BCUT2D eigenvalue weighted by Gasteiger charge is -2.17. The summed E-state index contributed by atoms with van der Waals surface area (Å²) in [5.74, 6) is 1.81. The smallest absolute Gasteiger partial charge is 0.296 e. The Balaban J connectivity index is 1.91. The van der Waals surface area contributed by atoms with Gasteiger partial charge in [0.1, 0.15) is 5.82 Å². The number of unbranched alkanes of at least 4 members (excludes halogenated alkanes) is 1. The van der Waals surface area contributed by atoms with Crippen molar-refractivity contribution in [2.45, 2.75) is 71.3 Å². The second-order valence-corrected chi connectivity index (χ2v) is 7.09. The molecule has 118 valence electrons. The van der Waals surface area contributed by atoms with E-state index in [1.165, 1.54) is 25.7 Å². The Morgan fingerprint density at radius 1 is 1.18 bits per heavy atom. The van der Waals surface area contributed by atoms with E-state index in [9.17, 15) is 4.79 Å². The number of rotatable bonds is 5. The van der Waals surface area contributed by atoms with Gasteiger partial charge in [-0.1, -0.05) is 13.3 Å². The maximum atomic E-state index is 12.8. The van der Waals surface area contributed by atoms with E-state index >= 15 is 0 Å². The summed E-state index contributed by atoms with van der Waals surface area (Å²) in [7, 11) is 0. The molecule has 5 nitrogen and oxygen atoms in total. The van der Waals surface area contributed by atoms with Gasteiger partial charge in [-0.15, -0.1) is 10.2 Å². The van der Waals surface area contributed by atoms with Crippen LogP contribution in [0.25, 0.3) is 5.65 Å². The van der Waals surface area contributed by atoms with Crippen molar-refractivity contribution in [2.24, 2.45) is 5.92 Å². The van der Waals surface area contributed by atoms with E-state index in [1.807, 2.05) is 11.5 Å². The average molecular weight is 300 g/mol. The molecule has 0 bridgehead atoms. The summed E-state index contributed by atoms with van der Waals surface area (Å²) in [6, 6.07) is 0. The number of hydrogen-bond acceptors (Lipinski definition) is 3. The molecule has 2 aromatic rings. The minimum Gasteiger partial charge on any atom is -0.308 e. The maximum Gasteiger partial charge on any atom is 0.296 e. The summed E-state index contributed by atoms with van der Waals surface area (Å²) in [5.41, 5.74) is 2.93. The van der Waals surface area contributed by atoms with Gasteiger partial charge in [0.05, 0.1) is 0 Å². The molecule has 0 atom stereocenters. The third-order valence-electron chi connectivity index (χ3n) is 5.69. The molecule has 2 fully saturated rings. The summed E-state index contributed by atoms with van der Waals surface area (Å²) in [5, 5.41) is 8.76. The third-order valence-corrected chi connectivity index (χ3v) is 5.69. The number of fused-ring (bicyclic) bond motifs is 1. The summed E-state index contributed by atoms with van der Waals surface area (Å²) in [6.45, 7) is 7.06. The van der Waals surface area contributed by atoms with E-state index in [1.54, 1.807) is 0 Å². The first-order valence-corrected chi connectivity index (χ1v) is 8.55. The normalized spacial score (nSPS) is 19.8. The lowest BCUT2D eigenvalue weighted by Crippen LogP contribution is -2.28. The van der Waals surface area contributed by atoms with Gasteiger partial charge in [-0.25, -0.2) is 0 Å². The van der Waals surface area contributed by atoms with Crippen LogP contribution in [0.2, 0.25) is 0 Å². The summed E-state index contributed by atoms with van der Waals surface area (Å²) < 4.78 is 3.94. The minimum absolute atomic E-state index is 0.0156. The van der Waals surface area contributed by atoms with Gasteiger partial charge in [-0.05, 0) is 51.9 Å². The highest BCUT2D eigenvalue weighted by atomic mass is 16.1. The molecular weight excluding hydrogens is 276 g/mol. The highest BCUT2D eigenvalue weighted by molar-refractivity contribution is 5.42. The van der Waals surface area contributed by atoms with Crippen LogP contribution in [0, 0.1) is 19.8 Å². The molecule has 2 heterocycles. The Morgan fingerprint density at radius 2 is 1.91 bits per heavy atom. The van der Waals surface area contributed by atoms with Crippen molar-refractivity contribution < 1.29 is 0 Å². The minimum atomic E-state index is 0.0156. The Bertz CT molecular complexity index is 793. The van der Waals surface area contributed by atoms with Gasteiger partial charge in [0, 0.05) is 23.3 Å². The van der Waals surface area contributed by atoms with Crippen molar-refractivity contribution in [3.63, 3.8) is 0 Å². The van der Waals surface area contributed by atoms with E-state index in [0.29, 0.717) is 5.65 Å². The molecule has 2 aromatic heterocycles. The zero-order valence-corrected chi connectivity index (χ0v) is 13.7. The fourth-order valence-corrected chi connectivity index (χ4v) is 3.86. The zero-order chi connectivity index (χ0) is 15.5. The molecule has 0 unspecified atom stereocenters. The number of aryl methyl sites for hydroxylation is 1. The van der Waals surface area contributed by atoms with Crippen LogP contribution in [0.5, 0.6) is 0 Å². The molecule has 5 heteroatoms. The second kappa shape index (κ2) is 4.67. The van der Waals surface area contributed by atoms with E-state index in [0.717, 1.165) is 42.5 Å². The Morgan fingerprint density at radius 3 is 2.50 bits per heavy atom. The van der Waals surface area contributed by atoms with E-state index in [-0.39, 0.29) is 11.0 Å². The van der Waals surface area contributed by atoms with Gasteiger partial charge in [0.25, 0.3) is 5.56 Å². The molecule has 0 amide bonds. The van der Waals surface area contributed by atoms with Gasteiger partial charge < -0.3 is 4.57 Å². The summed E-state index contributed by atoms with van der Waals surface area (Å²) in [4.78, 5) is 12.8. The molecular formula is C17H24N4O. The first-order chi connectivity index (χ1) is 10.6. The molecule has 0 spiro atoms. The lowest BCUT2D eigenvalue weighted by molar-refractivity contribution is 0.543. The largest absolute Gasteiger partial charge is 0.308 e.